The molecule has 0 aliphatic heterocycles. The van der Waals surface area contributed by atoms with Crippen LogP contribution in [0.25, 0.3) is 5.65 Å². The second-order valence-corrected chi connectivity index (χ2v) is 4.70. The van der Waals surface area contributed by atoms with E-state index in [1.54, 1.807) is 16.9 Å². The van der Waals surface area contributed by atoms with Gasteiger partial charge in [-0.3, -0.25) is 0 Å². The van der Waals surface area contributed by atoms with Crippen LogP contribution in [0, 0.1) is 0 Å². The van der Waals surface area contributed by atoms with Crippen molar-refractivity contribution >= 4 is 11.3 Å². The van der Waals surface area contributed by atoms with Gasteiger partial charge in [0, 0.05) is 12.0 Å². The highest BCUT2D eigenvalue weighted by Crippen LogP contribution is 2.29. The zero-order valence-corrected chi connectivity index (χ0v) is 10.8. The number of nitrogens with zero attached hydrogens (tertiary/aromatic N) is 3. The number of fused-ring (bicyclic) bond motifs is 1. The molecular formula is C14H11F3N4. The third-order valence-electron chi connectivity index (χ3n) is 3.13. The van der Waals surface area contributed by atoms with Crippen molar-refractivity contribution in [1.29, 1.82) is 0 Å². The molecule has 4 nitrogen and oxygen atoms in total. The molecule has 3 aromatic rings. The van der Waals surface area contributed by atoms with Gasteiger partial charge in [-0.1, -0.05) is 12.1 Å². The summed E-state index contributed by atoms with van der Waals surface area (Å²) in [7, 11) is 0. The van der Waals surface area contributed by atoms with Crippen molar-refractivity contribution in [3.63, 3.8) is 0 Å². The monoisotopic (exact) mass is 292 g/mol. The first-order valence-electron chi connectivity index (χ1n) is 6.17. The molecule has 0 bridgehead atoms. The smallest absolute Gasteiger partial charge is 0.396 e. The van der Waals surface area contributed by atoms with E-state index >= 15 is 0 Å². The fourth-order valence-electron chi connectivity index (χ4n) is 2.09. The van der Waals surface area contributed by atoms with E-state index in [9.17, 15) is 13.2 Å². The zero-order valence-electron chi connectivity index (χ0n) is 10.8. The van der Waals surface area contributed by atoms with Crippen molar-refractivity contribution in [2.45, 2.75) is 12.6 Å². The van der Waals surface area contributed by atoms with Crippen LogP contribution < -0.4 is 5.73 Å². The van der Waals surface area contributed by atoms with E-state index < -0.39 is 11.7 Å². The van der Waals surface area contributed by atoms with Crippen molar-refractivity contribution in [2.75, 3.05) is 5.73 Å². The second kappa shape index (κ2) is 4.76. The van der Waals surface area contributed by atoms with E-state index in [2.05, 4.69) is 10.1 Å². The van der Waals surface area contributed by atoms with Crippen LogP contribution >= 0.6 is 0 Å². The molecule has 21 heavy (non-hydrogen) atoms. The maximum Gasteiger partial charge on any atom is 0.416 e. The van der Waals surface area contributed by atoms with Gasteiger partial charge in [-0.15, -0.1) is 0 Å². The molecule has 0 saturated heterocycles. The number of rotatable bonds is 2. The van der Waals surface area contributed by atoms with Gasteiger partial charge in [0.15, 0.2) is 5.65 Å². The minimum atomic E-state index is -4.32. The molecule has 108 valence electrons. The number of anilines is 1. The van der Waals surface area contributed by atoms with Gasteiger partial charge in [0.25, 0.3) is 0 Å². The van der Waals surface area contributed by atoms with Crippen LogP contribution in [-0.4, -0.2) is 14.6 Å². The summed E-state index contributed by atoms with van der Waals surface area (Å²) in [6.45, 7) is 0. The molecular weight excluding hydrogens is 281 g/mol. The van der Waals surface area contributed by atoms with Crippen LogP contribution in [-0.2, 0) is 12.6 Å². The lowest BCUT2D eigenvalue weighted by atomic mass is 10.1. The molecule has 1 aromatic carbocycles. The van der Waals surface area contributed by atoms with Crippen molar-refractivity contribution in [3.8, 4) is 0 Å². The number of nitrogen functional groups attached to an aromatic ring is 1. The summed E-state index contributed by atoms with van der Waals surface area (Å²) >= 11 is 0. The maximum absolute atomic E-state index is 12.5. The van der Waals surface area contributed by atoms with E-state index in [4.69, 9.17) is 5.73 Å². The topological polar surface area (TPSA) is 56.2 Å². The van der Waals surface area contributed by atoms with E-state index in [0.29, 0.717) is 17.8 Å². The Morgan fingerprint density at radius 2 is 1.81 bits per heavy atom. The number of alkyl halides is 3. The SMILES string of the molecule is Nc1cnc2c(Cc3ccc(C(F)(F)F)cc3)cnn2c1. The van der Waals surface area contributed by atoms with Crippen LogP contribution in [0.5, 0.6) is 0 Å². The fraction of sp³-hybridized carbons (Fsp3) is 0.143. The van der Waals surface area contributed by atoms with Gasteiger partial charge in [0.1, 0.15) is 0 Å². The van der Waals surface area contributed by atoms with Gasteiger partial charge >= 0.3 is 6.18 Å². The van der Waals surface area contributed by atoms with Crippen molar-refractivity contribution in [2.24, 2.45) is 0 Å². The molecule has 7 heteroatoms. The minimum Gasteiger partial charge on any atom is -0.396 e. The lowest BCUT2D eigenvalue weighted by Crippen LogP contribution is -2.04. The Morgan fingerprint density at radius 1 is 1.10 bits per heavy atom. The van der Waals surface area contributed by atoms with Crippen molar-refractivity contribution in [3.05, 3.63) is 59.5 Å². The standard InChI is InChI=1S/C14H11F3N4/c15-14(16,17)11-3-1-9(2-4-11)5-10-6-20-21-8-12(18)7-19-13(10)21/h1-4,6-8H,5,18H2. The number of hydrogen-bond acceptors (Lipinski definition) is 3. The number of hydrogen-bond donors (Lipinski definition) is 1. The summed E-state index contributed by atoms with van der Waals surface area (Å²) in [4.78, 5) is 4.19. The number of nitrogens with two attached hydrogens (primary N) is 1. The maximum atomic E-state index is 12.5. The van der Waals surface area contributed by atoms with Gasteiger partial charge < -0.3 is 5.73 Å². The van der Waals surface area contributed by atoms with E-state index in [1.807, 2.05) is 0 Å². The third kappa shape index (κ3) is 2.67. The summed E-state index contributed by atoms with van der Waals surface area (Å²) in [6, 6.07) is 5.08. The summed E-state index contributed by atoms with van der Waals surface area (Å²) in [5.41, 5.74) is 7.68. The van der Waals surface area contributed by atoms with Gasteiger partial charge in [-0.25, -0.2) is 9.50 Å². The van der Waals surface area contributed by atoms with Crippen LogP contribution in [0.15, 0.2) is 42.9 Å². The second-order valence-electron chi connectivity index (χ2n) is 4.70. The molecule has 0 amide bonds. The highest BCUT2D eigenvalue weighted by Gasteiger charge is 2.29. The lowest BCUT2D eigenvalue weighted by Gasteiger charge is -2.07. The van der Waals surface area contributed by atoms with Crippen LogP contribution in [0.1, 0.15) is 16.7 Å². The summed E-state index contributed by atoms with van der Waals surface area (Å²) in [5.74, 6) is 0. The molecule has 0 atom stereocenters. The van der Waals surface area contributed by atoms with Crippen molar-refractivity contribution in [1.82, 2.24) is 14.6 Å². The Hall–Kier alpha value is -2.57. The summed E-state index contributed by atoms with van der Waals surface area (Å²) < 4.78 is 39.1. The largest absolute Gasteiger partial charge is 0.416 e. The first-order valence-corrected chi connectivity index (χ1v) is 6.17. The van der Waals surface area contributed by atoms with Crippen LogP contribution in [0.3, 0.4) is 0 Å². The van der Waals surface area contributed by atoms with Crippen LogP contribution in [0.2, 0.25) is 0 Å². The molecule has 0 saturated carbocycles. The number of halogens is 3. The Bertz CT molecular complexity index is 775. The summed E-state index contributed by atoms with van der Waals surface area (Å²) in [6.07, 6.45) is 0.936. The number of benzene rings is 1. The molecule has 3 rings (SSSR count). The minimum absolute atomic E-state index is 0.457. The summed E-state index contributed by atoms with van der Waals surface area (Å²) in [5, 5.41) is 4.13. The molecule has 0 spiro atoms. The zero-order chi connectivity index (χ0) is 15.0. The molecule has 2 aromatic heterocycles. The molecule has 0 unspecified atom stereocenters. The molecule has 2 heterocycles. The van der Waals surface area contributed by atoms with Gasteiger partial charge in [-0.05, 0) is 17.7 Å². The third-order valence-corrected chi connectivity index (χ3v) is 3.13. The molecule has 0 aliphatic rings. The Balaban J connectivity index is 1.88. The highest BCUT2D eigenvalue weighted by atomic mass is 19.4. The quantitative estimate of drug-likeness (QED) is 0.790. The average molecular weight is 292 g/mol. The van der Waals surface area contributed by atoms with Crippen molar-refractivity contribution < 1.29 is 13.2 Å². The van der Waals surface area contributed by atoms with Gasteiger partial charge in [0.2, 0.25) is 0 Å². The predicted octanol–water partition coefficient (Wildman–Crippen LogP) is 2.92. The number of aromatic nitrogens is 3. The molecule has 2 N–H and O–H groups in total. The highest BCUT2D eigenvalue weighted by molar-refractivity contribution is 5.51. The fourth-order valence-corrected chi connectivity index (χ4v) is 2.09. The molecule has 0 aliphatic carbocycles. The van der Waals surface area contributed by atoms with E-state index in [-0.39, 0.29) is 0 Å². The van der Waals surface area contributed by atoms with Gasteiger partial charge in [0.05, 0.1) is 29.8 Å². The Kier molecular flexibility index (Phi) is 3.04. The molecule has 0 fully saturated rings. The van der Waals surface area contributed by atoms with E-state index in [0.717, 1.165) is 23.3 Å². The first-order chi connectivity index (χ1) is 9.93. The predicted molar refractivity (Wildman–Crippen MR) is 71.6 cm³/mol. The normalized spacial score (nSPS) is 12.0. The Labute approximate surface area is 118 Å². The van der Waals surface area contributed by atoms with Gasteiger partial charge in [-0.2, -0.15) is 18.3 Å². The van der Waals surface area contributed by atoms with Crippen LogP contribution in [0.4, 0.5) is 18.9 Å². The van der Waals surface area contributed by atoms with E-state index in [1.165, 1.54) is 18.3 Å². The average Bonchev–Trinajstić information content (AvgIpc) is 2.80. The lowest BCUT2D eigenvalue weighted by molar-refractivity contribution is -0.137. The Morgan fingerprint density at radius 3 is 2.48 bits per heavy atom. The molecule has 0 radical (unpaired) electrons. The first kappa shape index (κ1) is 13.4.